The highest BCUT2D eigenvalue weighted by Gasteiger charge is 2.44. The van der Waals surface area contributed by atoms with E-state index in [-0.39, 0.29) is 11.3 Å². The molecule has 0 radical (unpaired) electrons. The smallest absolute Gasteiger partial charge is 0.290 e. The molecule has 184 valence electrons. The molecule has 35 heavy (non-hydrogen) atoms. The number of imidazole rings is 1. The van der Waals surface area contributed by atoms with Crippen molar-refractivity contribution in [1.29, 1.82) is 0 Å². The number of aliphatic hydroxyl groups is 1. The van der Waals surface area contributed by atoms with Gasteiger partial charge < -0.3 is 28.5 Å². The molecule has 0 spiro atoms. The molecule has 1 N–H and O–H groups in total. The molecule has 0 saturated heterocycles. The molecule has 1 atom stereocenters. The zero-order chi connectivity index (χ0) is 24.8. The van der Waals surface area contributed by atoms with Crippen molar-refractivity contribution in [2.75, 3.05) is 19.8 Å². The summed E-state index contributed by atoms with van der Waals surface area (Å²) >= 11 is 0. The van der Waals surface area contributed by atoms with Crippen molar-refractivity contribution in [3.05, 3.63) is 78.0 Å². The Labute approximate surface area is 203 Å². The molecule has 1 aliphatic rings. The van der Waals surface area contributed by atoms with Crippen molar-refractivity contribution >= 4 is 11.7 Å². The number of carbonyl (C=O) groups excluding carboxylic acids is 2. The van der Waals surface area contributed by atoms with Crippen molar-refractivity contribution in [2.24, 2.45) is 0 Å². The molecule has 1 unspecified atom stereocenters. The Balaban J connectivity index is 1.70. The first-order valence-electron chi connectivity index (χ1n) is 11.7. The molecular formula is C26H29N3O6. The largest absolute Gasteiger partial charge is 0.503 e. The lowest BCUT2D eigenvalue weighted by molar-refractivity contribution is -0.129. The Hall–Kier alpha value is -4.01. The number of ether oxygens (including phenoxy) is 2. The predicted molar refractivity (Wildman–Crippen MR) is 127 cm³/mol. The second-order valence-electron chi connectivity index (χ2n) is 8.11. The number of amides is 1. The summed E-state index contributed by atoms with van der Waals surface area (Å²) in [6.45, 7) is 5.79. The Morgan fingerprint density at radius 2 is 2.03 bits per heavy atom. The number of aliphatic hydroxyl groups excluding tert-OH is 1. The minimum Gasteiger partial charge on any atom is -0.503 e. The fraction of sp³-hybridized carbons (Fsp3) is 0.346. The summed E-state index contributed by atoms with van der Waals surface area (Å²) in [5, 5.41) is 10.8. The molecule has 1 aromatic carbocycles. The molecule has 1 aliphatic heterocycles. The van der Waals surface area contributed by atoms with Crippen molar-refractivity contribution in [3.8, 4) is 11.5 Å². The van der Waals surface area contributed by atoms with E-state index >= 15 is 0 Å². The molecule has 3 heterocycles. The number of aromatic nitrogens is 2. The van der Waals surface area contributed by atoms with Gasteiger partial charge in [-0.15, -0.1) is 0 Å². The molecule has 4 rings (SSSR count). The summed E-state index contributed by atoms with van der Waals surface area (Å²) in [4.78, 5) is 32.0. The first-order valence-corrected chi connectivity index (χ1v) is 11.7. The van der Waals surface area contributed by atoms with E-state index in [4.69, 9.17) is 13.9 Å². The number of aryl methyl sites for hydroxylation is 1. The van der Waals surface area contributed by atoms with Gasteiger partial charge in [0, 0.05) is 25.5 Å². The minimum absolute atomic E-state index is 0.0164. The highest BCUT2D eigenvalue weighted by atomic mass is 16.5. The van der Waals surface area contributed by atoms with Crippen molar-refractivity contribution < 1.29 is 28.6 Å². The Morgan fingerprint density at radius 1 is 1.17 bits per heavy atom. The highest BCUT2D eigenvalue weighted by molar-refractivity contribution is 6.15. The van der Waals surface area contributed by atoms with Gasteiger partial charge in [-0.3, -0.25) is 9.59 Å². The van der Waals surface area contributed by atoms with Crippen LogP contribution in [-0.2, 0) is 11.3 Å². The van der Waals surface area contributed by atoms with E-state index in [0.29, 0.717) is 49.8 Å². The first kappa shape index (κ1) is 24.1. The Morgan fingerprint density at radius 3 is 2.71 bits per heavy atom. The normalized spacial score (nSPS) is 15.7. The number of Topliss-reactive ketones (excluding diaryl/α,β-unsaturated/α-hetero) is 1. The summed E-state index contributed by atoms with van der Waals surface area (Å²) in [5.41, 5.74) is 0.615. The predicted octanol–water partition coefficient (Wildman–Crippen LogP) is 4.33. The fourth-order valence-electron chi connectivity index (χ4n) is 4.14. The third-order valence-corrected chi connectivity index (χ3v) is 5.71. The van der Waals surface area contributed by atoms with E-state index < -0.39 is 23.5 Å². The zero-order valence-corrected chi connectivity index (χ0v) is 19.8. The van der Waals surface area contributed by atoms with Crippen LogP contribution in [0.1, 0.15) is 48.8 Å². The summed E-state index contributed by atoms with van der Waals surface area (Å²) in [5.74, 6) is -0.547. The molecule has 2 aromatic heterocycles. The van der Waals surface area contributed by atoms with E-state index in [2.05, 4.69) is 4.98 Å². The lowest BCUT2D eigenvalue weighted by Gasteiger charge is -2.27. The average molecular weight is 480 g/mol. The van der Waals surface area contributed by atoms with Crippen LogP contribution in [0.3, 0.4) is 0 Å². The third-order valence-electron chi connectivity index (χ3n) is 5.71. The van der Waals surface area contributed by atoms with Crippen LogP contribution in [0.15, 0.2) is 71.1 Å². The van der Waals surface area contributed by atoms with Crippen LogP contribution < -0.4 is 9.47 Å². The number of carbonyl (C=O) groups is 2. The van der Waals surface area contributed by atoms with Crippen LogP contribution in [0, 0.1) is 0 Å². The number of ketones is 1. The SMILES string of the molecule is CCCOc1ccc(C2C(C(=O)c3ccco3)=C(O)C(=O)N2CCCn2ccnc2)cc1OCC. The third kappa shape index (κ3) is 5.08. The van der Waals surface area contributed by atoms with Gasteiger partial charge >= 0.3 is 0 Å². The molecule has 9 nitrogen and oxygen atoms in total. The van der Waals surface area contributed by atoms with Gasteiger partial charge in [0.05, 0.1) is 37.4 Å². The van der Waals surface area contributed by atoms with Crippen LogP contribution in [0.5, 0.6) is 11.5 Å². The number of hydrogen-bond acceptors (Lipinski definition) is 7. The topological polar surface area (TPSA) is 107 Å². The Bertz CT molecular complexity index is 1180. The van der Waals surface area contributed by atoms with Gasteiger partial charge in [0.1, 0.15) is 0 Å². The van der Waals surface area contributed by atoms with Crippen LogP contribution in [-0.4, -0.2) is 51.0 Å². The molecule has 0 bridgehead atoms. The number of nitrogens with zero attached hydrogens (tertiary/aromatic N) is 3. The maximum Gasteiger partial charge on any atom is 0.290 e. The minimum atomic E-state index is -0.803. The molecular weight excluding hydrogens is 450 g/mol. The van der Waals surface area contributed by atoms with Crippen LogP contribution in [0.4, 0.5) is 0 Å². The first-order chi connectivity index (χ1) is 17.0. The molecule has 1 amide bonds. The lowest BCUT2D eigenvalue weighted by Crippen LogP contribution is -2.32. The van der Waals surface area contributed by atoms with E-state index in [9.17, 15) is 14.7 Å². The van der Waals surface area contributed by atoms with Crippen LogP contribution in [0.25, 0.3) is 0 Å². The lowest BCUT2D eigenvalue weighted by atomic mass is 9.94. The molecule has 3 aromatic rings. The van der Waals surface area contributed by atoms with Crippen molar-refractivity contribution in [1.82, 2.24) is 14.5 Å². The van der Waals surface area contributed by atoms with Crippen molar-refractivity contribution in [3.63, 3.8) is 0 Å². The summed E-state index contributed by atoms with van der Waals surface area (Å²) in [6.07, 6.45) is 8.06. The fourth-order valence-corrected chi connectivity index (χ4v) is 4.14. The Kier molecular flexibility index (Phi) is 7.54. The number of rotatable bonds is 12. The van der Waals surface area contributed by atoms with E-state index in [0.717, 1.165) is 6.42 Å². The highest BCUT2D eigenvalue weighted by Crippen LogP contribution is 2.42. The zero-order valence-electron chi connectivity index (χ0n) is 19.8. The molecule has 0 aliphatic carbocycles. The number of hydrogen-bond donors (Lipinski definition) is 1. The second-order valence-corrected chi connectivity index (χ2v) is 8.11. The van der Waals surface area contributed by atoms with Gasteiger partial charge in [-0.1, -0.05) is 13.0 Å². The van der Waals surface area contributed by atoms with Gasteiger partial charge in [-0.2, -0.15) is 0 Å². The van der Waals surface area contributed by atoms with Gasteiger partial charge in [0.2, 0.25) is 5.78 Å². The maximum atomic E-state index is 13.3. The van der Waals surface area contributed by atoms with Crippen LogP contribution >= 0.6 is 0 Å². The monoisotopic (exact) mass is 479 g/mol. The van der Waals surface area contributed by atoms with E-state index in [1.54, 1.807) is 36.8 Å². The molecule has 0 fully saturated rings. The second kappa shape index (κ2) is 10.9. The molecule has 9 heteroatoms. The number of benzene rings is 1. The maximum absolute atomic E-state index is 13.3. The van der Waals surface area contributed by atoms with Gasteiger partial charge in [0.25, 0.3) is 5.91 Å². The van der Waals surface area contributed by atoms with E-state index in [1.165, 1.54) is 17.2 Å². The standard InChI is InChI=1S/C26H29N3O6/c1-3-14-34-19-9-8-18(16-21(19)33-4-2)23-22(24(30)20-7-5-15-35-20)25(31)26(32)29(23)12-6-11-28-13-10-27-17-28/h5,7-10,13,15-17,23,31H,3-4,6,11-12,14H2,1-2H3. The molecule has 0 saturated carbocycles. The average Bonchev–Trinajstić information content (AvgIpc) is 3.62. The summed E-state index contributed by atoms with van der Waals surface area (Å²) < 4.78 is 18.8. The van der Waals surface area contributed by atoms with Crippen molar-refractivity contribution in [2.45, 2.75) is 39.3 Å². The number of furan rings is 1. The van der Waals surface area contributed by atoms with Gasteiger partial charge in [-0.25, -0.2) is 4.98 Å². The van der Waals surface area contributed by atoms with Crippen LogP contribution in [0.2, 0.25) is 0 Å². The summed E-state index contributed by atoms with van der Waals surface area (Å²) in [7, 11) is 0. The quantitative estimate of drug-likeness (QED) is 0.385. The van der Waals surface area contributed by atoms with Gasteiger partial charge in [0.15, 0.2) is 23.0 Å². The summed E-state index contributed by atoms with van der Waals surface area (Å²) in [6, 6.07) is 7.63. The van der Waals surface area contributed by atoms with E-state index in [1.807, 2.05) is 24.6 Å². The van der Waals surface area contributed by atoms with Gasteiger partial charge in [-0.05, 0) is 49.6 Å².